The molecule has 4 fully saturated rings. The molecule has 158 valence electrons. The van der Waals surface area contributed by atoms with E-state index in [0.29, 0.717) is 5.92 Å². The summed E-state index contributed by atoms with van der Waals surface area (Å²) in [6.45, 7) is 7.29. The van der Waals surface area contributed by atoms with E-state index in [-0.39, 0.29) is 17.2 Å². The van der Waals surface area contributed by atoms with Crippen LogP contribution in [0.5, 0.6) is 0 Å². The maximum Gasteiger partial charge on any atom is 0.228 e. The molecule has 1 N–H and O–H groups in total. The van der Waals surface area contributed by atoms with Gasteiger partial charge >= 0.3 is 0 Å². The molecule has 9 atom stereocenters. The van der Waals surface area contributed by atoms with Gasteiger partial charge < -0.3 is 5.32 Å². The van der Waals surface area contributed by atoms with Crippen molar-refractivity contribution < 1.29 is 4.79 Å². The molecule has 5 rings (SSSR count). The van der Waals surface area contributed by atoms with Crippen LogP contribution in [-0.2, 0) is 4.79 Å². The Morgan fingerprint density at radius 1 is 0.931 bits per heavy atom. The van der Waals surface area contributed by atoms with Gasteiger partial charge in [-0.2, -0.15) is 0 Å². The van der Waals surface area contributed by atoms with Gasteiger partial charge in [0.25, 0.3) is 0 Å². The molecule has 0 heterocycles. The van der Waals surface area contributed by atoms with E-state index in [4.69, 9.17) is 0 Å². The first kappa shape index (κ1) is 19.6. The van der Waals surface area contributed by atoms with E-state index >= 15 is 0 Å². The second kappa shape index (κ2) is 7.43. The Morgan fingerprint density at radius 2 is 1.69 bits per heavy atom. The zero-order valence-electron chi connectivity index (χ0n) is 18.6. The SMILES string of the molecule is CC1CCC2C(CCC3C2CCC2(C)C3CC(C)C2C(=O)Nc2ccccc2)C1. The van der Waals surface area contributed by atoms with Crippen LogP contribution in [0.3, 0.4) is 0 Å². The Hall–Kier alpha value is -1.31. The summed E-state index contributed by atoms with van der Waals surface area (Å²) in [5.41, 5.74) is 1.14. The molecule has 1 amide bonds. The number of fused-ring (bicyclic) bond motifs is 5. The first-order valence-corrected chi connectivity index (χ1v) is 12.3. The number of hydrogen-bond donors (Lipinski definition) is 1. The van der Waals surface area contributed by atoms with Gasteiger partial charge in [-0.25, -0.2) is 0 Å². The third kappa shape index (κ3) is 3.26. The maximum absolute atomic E-state index is 13.4. The lowest BCUT2D eigenvalue weighted by Crippen LogP contribution is -2.50. The summed E-state index contributed by atoms with van der Waals surface area (Å²) in [7, 11) is 0. The number of rotatable bonds is 2. The van der Waals surface area contributed by atoms with E-state index in [1.165, 1.54) is 51.4 Å². The molecular weight excluding hydrogens is 354 g/mol. The summed E-state index contributed by atoms with van der Waals surface area (Å²) < 4.78 is 0. The van der Waals surface area contributed by atoms with Crippen molar-refractivity contribution in [2.45, 2.75) is 72.1 Å². The second-order valence-electron chi connectivity index (χ2n) is 11.4. The number of carbonyl (C=O) groups is 1. The van der Waals surface area contributed by atoms with E-state index in [1.54, 1.807) is 0 Å². The van der Waals surface area contributed by atoms with E-state index in [2.05, 4.69) is 26.1 Å². The third-order valence-electron chi connectivity index (χ3n) is 9.88. The first-order valence-electron chi connectivity index (χ1n) is 12.3. The molecule has 1 aromatic carbocycles. The molecule has 0 aromatic heterocycles. The fourth-order valence-corrected chi connectivity index (χ4v) is 8.75. The van der Waals surface area contributed by atoms with Crippen LogP contribution in [0.2, 0.25) is 0 Å². The van der Waals surface area contributed by atoms with Crippen molar-refractivity contribution >= 4 is 11.6 Å². The minimum absolute atomic E-state index is 0.165. The van der Waals surface area contributed by atoms with Gasteiger partial charge in [0.2, 0.25) is 5.91 Å². The number of nitrogens with one attached hydrogen (secondary N) is 1. The molecule has 2 heteroatoms. The van der Waals surface area contributed by atoms with Gasteiger partial charge in [0.15, 0.2) is 0 Å². The van der Waals surface area contributed by atoms with E-state index < -0.39 is 0 Å². The van der Waals surface area contributed by atoms with Gasteiger partial charge in [-0.3, -0.25) is 4.79 Å². The van der Waals surface area contributed by atoms with Crippen LogP contribution in [0, 0.1) is 52.8 Å². The number of anilines is 1. The molecule has 1 aromatic rings. The maximum atomic E-state index is 13.4. The number of amides is 1. The molecule has 4 saturated carbocycles. The topological polar surface area (TPSA) is 29.1 Å². The lowest BCUT2D eigenvalue weighted by molar-refractivity contribution is -0.128. The molecule has 4 aliphatic rings. The Bertz CT molecular complexity index is 744. The highest BCUT2D eigenvalue weighted by atomic mass is 16.2. The van der Waals surface area contributed by atoms with E-state index in [1.807, 2.05) is 30.3 Å². The quantitative estimate of drug-likeness (QED) is 0.590. The summed E-state index contributed by atoms with van der Waals surface area (Å²) in [4.78, 5) is 13.4. The van der Waals surface area contributed by atoms with Gasteiger partial charge in [0, 0.05) is 11.6 Å². The average molecular weight is 394 g/mol. The molecule has 4 aliphatic carbocycles. The van der Waals surface area contributed by atoms with Crippen LogP contribution in [-0.4, -0.2) is 5.91 Å². The summed E-state index contributed by atoms with van der Waals surface area (Å²) in [5, 5.41) is 3.26. The fraction of sp³-hybridized carbons (Fsp3) is 0.741. The highest BCUT2D eigenvalue weighted by Crippen LogP contribution is 2.65. The first-order chi connectivity index (χ1) is 14.0. The monoisotopic (exact) mass is 393 g/mol. The predicted octanol–water partition coefficient (Wildman–Crippen LogP) is 6.78. The summed E-state index contributed by atoms with van der Waals surface area (Å²) in [6.07, 6.45) is 11.2. The minimum atomic E-state index is 0.165. The lowest BCUT2D eigenvalue weighted by Gasteiger charge is -2.56. The van der Waals surface area contributed by atoms with Gasteiger partial charge in [-0.15, -0.1) is 0 Å². The van der Waals surface area contributed by atoms with Crippen molar-refractivity contribution in [3.63, 3.8) is 0 Å². The second-order valence-corrected chi connectivity index (χ2v) is 11.4. The Morgan fingerprint density at radius 3 is 2.48 bits per heavy atom. The van der Waals surface area contributed by atoms with E-state index in [0.717, 1.165) is 41.2 Å². The third-order valence-corrected chi connectivity index (χ3v) is 9.88. The van der Waals surface area contributed by atoms with Crippen LogP contribution in [0.1, 0.15) is 72.1 Å². The van der Waals surface area contributed by atoms with Crippen molar-refractivity contribution in [2.75, 3.05) is 5.32 Å². The molecule has 0 bridgehead atoms. The van der Waals surface area contributed by atoms with Crippen LogP contribution >= 0.6 is 0 Å². The van der Waals surface area contributed by atoms with Crippen molar-refractivity contribution in [3.05, 3.63) is 30.3 Å². The van der Waals surface area contributed by atoms with Crippen molar-refractivity contribution in [1.29, 1.82) is 0 Å². The highest BCUT2D eigenvalue weighted by molar-refractivity contribution is 5.93. The van der Waals surface area contributed by atoms with Crippen molar-refractivity contribution in [3.8, 4) is 0 Å². The van der Waals surface area contributed by atoms with Crippen LogP contribution in [0.4, 0.5) is 5.69 Å². The Labute approximate surface area is 177 Å². The highest BCUT2D eigenvalue weighted by Gasteiger charge is 2.60. The average Bonchev–Trinajstić information content (AvgIpc) is 2.98. The summed E-state index contributed by atoms with van der Waals surface area (Å²) in [5.74, 6) is 6.44. The standard InChI is InChI=1S/C27H39NO/c1-17-9-11-21-19(15-17)10-12-23-22(21)13-14-27(3)24(23)16-18(2)25(27)26(29)28-20-7-5-4-6-8-20/h4-8,17-19,21-25H,9-16H2,1-3H3,(H,28,29). The molecule has 0 saturated heterocycles. The normalized spacial score (nSPS) is 46.3. The van der Waals surface area contributed by atoms with Gasteiger partial charge in [-0.1, -0.05) is 45.4 Å². The summed E-state index contributed by atoms with van der Waals surface area (Å²) in [6, 6.07) is 10.0. The predicted molar refractivity (Wildman–Crippen MR) is 119 cm³/mol. The largest absolute Gasteiger partial charge is 0.326 e. The molecule has 0 spiro atoms. The Kier molecular flexibility index (Phi) is 5.03. The zero-order valence-corrected chi connectivity index (χ0v) is 18.6. The van der Waals surface area contributed by atoms with E-state index in [9.17, 15) is 4.79 Å². The van der Waals surface area contributed by atoms with Crippen LogP contribution < -0.4 is 5.32 Å². The van der Waals surface area contributed by atoms with Crippen molar-refractivity contribution in [1.82, 2.24) is 0 Å². The molecular formula is C27H39NO. The molecule has 0 radical (unpaired) electrons. The Balaban J connectivity index is 1.36. The molecule has 2 nitrogen and oxygen atoms in total. The van der Waals surface area contributed by atoms with Gasteiger partial charge in [0.05, 0.1) is 0 Å². The number of carbonyl (C=O) groups excluding carboxylic acids is 1. The molecule has 29 heavy (non-hydrogen) atoms. The lowest BCUT2D eigenvalue weighted by atomic mass is 9.49. The van der Waals surface area contributed by atoms with Gasteiger partial charge in [-0.05, 0) is 104 Å². The van der Waals surface area contributed by atoms with Crippen molar-refractivity contribution in [2.24, 2.45) is 52.8 Å². The van der Waals surface area contributed by atoms with Gasteiger partial charge in [0.1, 0.15) is 0 Å². The van der Waals surface area contributed by atoms with Crippen LogP contribution in [0.15, 0.2) is 30.3 Å². The zero-order chi connectivity index (χ0) is 20.2. The smallest absolute Gasteiger partial charge is 0.228 e. The number of para-hydroxylation sites is 1. The molecule has 0 aliphatic heterocycles. The summed E-state index contributed by atoms with van der Waals surface area (Å²) >= 11 is 0. The number of hydrogen-bond acceptors (Lipinski definition) is 1. The number of benzene rings is 1. The minimum Gasteiger partial charge on any atom is -0.326 e. The fourth-order valence-electron chi connectivity index (χ4n) is 8.75. The molecule has 9 unspecified atom stereocenters. The van der Waals surface area contributed by atoms with Crippen LogP contribution in [0.25, 0.3) is 0 Å².